The average molecular weight is 365 g/mol. The molecule has 1 saturated heterocycles. The highest BCUT2D eigenvalue weighted by Crippen LogP contribution is 2.21. The van der Waals surface area contributed by atoms with Crippen molar-refractivity contribution in [2.24, 2.45) is 0 Å². The number of hydrogen-bond donors (Lipinski definition) is 1. The van der Waals surface area contributed by atoms with Gasteiger partial charge in [0, 0.05) is 25.7 Å². The number of piperidine rings is 1. The summed E-state index contributed by atoms with van der Waals surface area (Å²) in [5.74, 6) is -0.267. The minimum Gasteiger partial charge on any atom is -0.310 e. The van der Waals surface area contributed by atoms with Crippen molar-refractivity contribution in [3.05, 3.63) is 34.1 Å². The Morgan fingerprint density at radius 3 is 2.65 bits per heavy atom. The van der Waals surface area contributed by atoms with Gasteiger partial charge in [-0.15, -0.1) is 0 Å². The predicted molar refractivity (Wildman–Crippen MR) is 80.4 cm³/mol. The molecule has 1 aliphatic rings. The monoisotopic (exact) mass is 364 g/mol. The van der Waals surface area contributed by atoms with E-state index in [0.717, 1.165) is 18.4 Å². The summed E-state index contributed by atoms with van der Waals surface area (Å²) < 4.78 is 38.2. The molecule has 0 saturated carbocycles. The maximum Gasteiger partial charge on any atom is 0.211 e. The zero-order chi connectivity index (χ0) is 14.8. The fourth-order valence-electron chi connectivity index (χ4n) is 2.33. The first-order valence-electron chi connectivity index (χ1n) is 6.49. The zero-order valence-electron chi connectivity index (χ0n) is 11.3. The highest BCUT2D eigenvalue weighted by atomic mass is 79.9. The number of sulfonamides is 1. The Morgan fingerprint density at radius 2 is 2.05 bits per heavy atom. The fraction of sp³-hybridized carbons (Fsp3) is 0.538. The molecule has 2 rings (SSSR count). The summed E-state index contributed by atoms with van der Waals surface area (Å²) in [5.41, 5.74) is 0.871. The Bertz CT molecular complexity index is 572. The van der Waals surface area contributed by atoms with Gasteiger partial charge >= 0.3 is 0 Å². The third-order valence-corrected chi connectivity index (χ3v) is 5.73. The van der Waals surface area contributed by atoms with E-state index in [1.807, 2.05) is 6.07 Å². The van der Waals surface area contributed by atoms with E-state index in [2.05, 4.69) is 21.2 Å². The Morgan fingerprint density at radius 1 is 1.40 bits per heavy atom. The molecule has 1 aromatic rings. The first-order chi connectivity index (χ1) is 9.38. The second-order valence-electron chi connectivity index (χ2n) is 5.03. The Balaban J connectivity index is 1.86. The van der Waals surface area contributed by atoms with Crippen LogP contribution in [-0.2, 0) is 16.6 Å². The van der Waals surface area contributed by atoms with E-state index in [4.69, 9.17) is 0 Å². The van der Waals surface area contributed by atoms with E-state index in [1.54, 1.807) is 6.07 Å². The van der Waals surface area contributed by atoms with Crippen LogP contribution in [0, 0.1) is 5.82 Å². The first-order valence-corrected chi connectivity index (χ1v) is 9.13. The van der Waals surface area contributed by atoms with E-state index in [0.29, 0.717) is 24.1 Å². The molecular formula is C13H18BrFN2O2S. The smallest absolute Gasteiger partial charge is 0.211 e. The average Bonchev–Trinajstić information content (AvgIpc) is 2.40. The largest absolute Gasteiger partial charge is 0.310 e. The molecule has 1 aliphatic heterocycles. The number of nitrogens with one attached hydrogen (secondary N) is 1. The zero-order valence-corrected chi connectivity index (χ0v) is 13.7. The van der Waals surface area contributed by atoms with Crippen LogP contribution in [0.1, 0.15) is 18.4 Å². The van der Waals surface area contributed by atoms with Gasteiger partial charge in [0.1, 0.15) is 5.82 Å². The summed E-state index contributed by atoms with van der Waals surface area (Å²) in [5, 5.41) is 3.36. The molecule has 7 heteroatoms. The number of halogens is 2. The molecule has 112 valence electrons. The lowest BCUT2D eigenvalue weighted by Gasteiger charge is -2.30. The molecule has 0 amide bonds. The lowest BCUT2D eigenvalue weighted by Crippen LogP contribution is -2.44. The topological polar surface area (TPSA) is 49.4 Å². The molecule has 1 N–H and O–H groups in total. The minimum absolute atomic E-state index is 0.267. The van der Waals surface area contributed by atoms with Gasteiger partial charge in [0.25, 0.3) is 0 Å². The number of hydrogen-bond acceptors (Lipinski definition) is 3. The van der Waals surface area contributed by atoms with E-state index in [1.165, 1.54) is 16.6 Å². The number of nitrogens with zero attached hydrogens (tertiary/aromatic N) is 1. The third-order valence-electron chi connectivity index (χ3n) is 3.54. The molecule has 20 heavy (non-hydrogen) atoms. The minimum atomic E-state index is -3.08. The molecule has 1 aromatic carbocycles. The molecule has 0 aliphatic carbocycles. The molecule has 0 atom stereocenters. The number of benzene rings is 1. The highest BCUT2D eigenvalue weighted by molar-refractivity contribution is 9.10. The van der Waals surface area contributed by atoms with Crippen LogP contribution in [0.4, 0.5) is 4.39 Å². The molecule has 0 bridgehead atoms. The quantitative estimate of drug-likeness (QED) is 0.889. The maximum absolute atomic E-state index is 13.4. The second kappa shape index (κ2) is 6.51. The van der Waals surface area contributed by atoms with Gasteiger partial charge in [0.15, 0.2) is 0 Å². The Kier molecular flexibility index (Phi) is 5.17. The Labute approximate surface area is 127 Å². The molecule has 0 spiro atoms. The highest BCUT2D eigenvalue weighted by Gasteiger charge is 2.24. The van der Waals surface area contributed by atoms with Crippen molar-refractivity contribution in [1.82, 2.24) is 9.62 Å². The van der Waals surface area contributed by atoms with Crippen molar-refractivity contribution in [3.8, 4) is 0 Å². The van der Waals surface area contributed by atoms with Gasteiger partial charge in [-0.25, -0.2) is 17.1 Å². The van der Waals surface area contributed by atoms with Gasteiger partial charge < -0.3 is 5.32 Å². The molecule has 4 nitrogen and oxygen atoms in total. The van der Waals surface area contributed by atoms with Crippen LogP contribution in [0.2, 0.25) is 0 Å². The molecule has 0 aromatic heterocycles. The van der Waals surface area contributed by atoms with Crippen molar-refractivity contribution in [1.29, 1.82) is 0 Å². The summed E-state index contributed by atoms with van der Waals surface area (Å²) >= 11 is 3.24. The van der Waals surface area contributed by atoms with E-state index < -0.39 is 10.0 Å². The van der Waals surface area contributed by atoms with Crippen molar-refractivity contribution in [2.45, 2.75) is 25.4 Å². The second-order valence-corrected chi connectivity index (χ2v) is 7.81. The fourth-order valence-corrected chi connectivity index (χ4v) is 3.61. The van der Waals surface area contributed by atoms with Crippen LogP contribution >= 0.6 is 15.9 Å². The van der Waals surface area contributed by atoms with Crippen LogP contribution in [0.25, 0.3) is 0 Å². The SMILES string of the molecule is CS(=O)(=O)N1CCC(NCc2cccc(F)c2Br)CC1. The number of rotatable bonds is 4. The van der Waals surface area contributed by atoms with Crippen LogP contribution in [0.3, 0.4) is 0 Å². The van der Waals surface area contributed by atoms with Crippen LogP contribution in [0.15, 0.2) is 22.7 Å². The van der Waals surface area contributed by atoms with E-state index in [-0.39, 0.29) is 11.9 Å². The summed E-state index contributed by atoms with van der Waals surface area (Å²) in [6.45, 7) is 1.66. The van der Waals surface area contributed by atoms with Gasteiger partial charge in [-0.1, -0.05) is 12.1 Å². The maximum atomic E-state index is 13.4. The van der Waals surface area contributed by atoms with Crippen LogP contribution in [0.5, 0.6) is 0 Å². The lowest BCUT2D eigenvalue weighted by molar-refractivity contribution is 0.290. The molecule has 1 heterocycles. The molecule has 1 fully saturated rings. The van der Waals surface area contributed by atoms with Crippen molar-refractivity contribution < 1.29 is 12.8 Å². The van der Waals surface area contributed by atoms with Crippen LogP contribution in [-0.4, -0.2) is 38.1 Å². The molecule has 0 unspecified atom stereocenters. The van der Waals surface area contributed by atoms with Crippen molar-refractivity contribution in [3.63, 3.8) is 0 Å². The third kappa shape index (κ3) is 4.00. The van der Waals surface area contributed by atoms with Gasteiger partial charge in [0.05, 0.1) is 10.7 Å². The van der Waals surface area contributed by atoms with E-state index >= 15 is 0 Å². The van der Waals surface area contributed by atoms with Gasteiger partial charge in [-0.3, -0.25) is 0 Å². The van der Waals surface area contributed by atoms with Crippen molar-refractivity contribution >= 4 is 26.0 Å². The predicted octanol–water partition coefficient (Wildman–Crippen LogP) is 2.10. The summed E-state index contributed by atoms with van der Waals surface area (Å²) in [4.78, 5) is 0. The summed E-state index contributed by atoms with van der Waals surface area (Å²) in [6, 6.07) is 5.23. The van der Waals surface area contributed by atoms with Gasteiger partial charge in [0.2, 0.25) is 10.0 Å². The Hall–Kier alpha value is -0.500. The van der Waals surface area contributed by atoms with Crippen LogP contribution < -0.4 is 5.32 Å². The summed E-state index contributed by atoms with van der Waals surface area (Å²) in [6.07, 6.45) is 2.80. The molecule has 0 radical (unpaired) electrons. The standard InChI is InChI=1S/C13H18BrFN2O2S/c1-20(18,19)17-7-5-11(6-8-17)16-9-10-3-2-4-12(15)13(10)14/h2-4,11,16H,5-9H2,1H3. The van der Waals surface area contributed by atoms with Crippen molar-refractivity contribution in [2.75, 3.05) is 19.3 Å². The van der Waals surface area contributed by atoms with E-state index in [9.17, 15) is 12.8 Å². The van der Waals surface area contributed by atoms with Gasteiger partial charge in [-0.2, -0.15) is 0 Å². The summed E-state index contributed by atoms with van der Waals surface area (Å²) in [7, 11) is -3.08. The lowest BCUT2D eigenvalue weighted by atomic mass is 10.1. The normalized spacial score (nSPS) is 18.4. The van der Waals surface area contributed by atoms with Gasteiger partial charge in [-0.05, 0) is 40.4 Å². The molecular weight excluding hydrogens is 347 g/mol. The first kappa shape index (κ1) is 15.9.